The van der Waals surface area contributed by atoms with Crippen LogP contribution in [0.5, 0.6) is 0 Å². The van der Waals surface area contributed by atoms with E-state index in [1.54, 1.807) is 93.8 Å². The van der Waals surface area contributed by atoms with Gasteiger partial charge in [-0.05, 0) is 93.1 Å². The highest BCUT2D eigenvalue weighted by Crippen LogP contribution is 2.42. The molecular formula is C43H41Cl2N9O6. The third-order valence-electron chi connectivity index (χ3n) is 9.83. The lowest BCUT2D eigenvalue weighted by atomic mass is 9.80. The average Bonchev–Trinajstić information content (AvgIpc) is 3.63. The van der Waals surface area contributed by atoms with E-state index in [4.69, 9.17) is 49.1 Å². The smallest absolute Gasteiger partial charge is 0.416 e. The van der Waals surface area contributed by atoms with Crippen LogP contribution < -0.4 is 26.6 Å². The fourth-order valence-electron chi connectivity index (χ4n) is 7.14. The van der Waals surface area contributed by atoms with Crippen molar-refractivity contribution in [3.05, 3.63) is 142 Å². The number of aromatic nitrogens is 4. The highest BCUT2D eigenvalue weighted by atomic mass is 35.5. The second-order valence-electron chi connectivity index (χ2n) is 15.1. The number of primary amides is 1. The third kappa shape index (κ3) is 8.59. The van der Waals surface area contributed by atoms with Crippen molar-refractivity contribution in [3.8, 4) is 0 Å². The summed E-state index contributed by atoms with van der Waals surface area (Å²) in [5.41, 5.74) is 12.8. The van der Waals surface area contributed by atoms with Crippen LogP contribution in [0.4, 0.5) is 21.9 Å². The van der Waals surface area contributed by atoms with Gasteiger partial charge in [-0.1, -0.05) is 35.3 Å². The SMILES string of the molecule is CC(C)(C)OC(=O)N(c1ccc(Cl)cc1N)C(Cc1cc(C(=O)NC(c2cccnc2)c2nc3cc(Cl)ccc3[nH]2)ccc1N1CCOCC1=O)(C(N)=O)c1cccnc1. The number of carbonyl (C=O) groups excluding carboxylic acids is 4. The summed E-state index contributed by atoms with van der Waals surface area (Å²) in [7, 11) is 0. The zero-order valence-corrected chi connectivity index (χ0v) is 34.3. The van der Waals surface area contributed by atoms with Crippen molar-refractivity contribution in [2.75, 3.05) is 35.3 Å². The predicted octanol–water partition coefficient (Wildman–Crippen LogP) is 6.49. The summed E-state index contributed by atoms with van der Waals surface area (Å²) in [5.74, 6) is -1.48. The lowest BCUT2D eigenvalue weighted by molar-refractivity contribution is -0.125. The standard InChI is InChI=1S/C43H41Cl2N9O6/c1-42(2,3)60-41(58)54(35-13-10-29(44)19-31(35)46)43(40(47)57,28-7-5-15-49-23-28)21-27-18-25(8-12-34(27)53-16-17-59-24-36(53)55)39(56)52-37(26-6-4-14-48-22-26)38-50-32-11-9-30(45)20-33(32)51-38/h4-15,18-20,22-23,37H,16-17,21,24,46H2,1-3H3,(H2,47,57)(H,50,51)(H,52,56). The van der Waals surface area contributed by atoms with Gasteiger partial charge in [-0.15, -0.1) is 0 Å². The van der Waals surface area contributed by atoms with Gasteiger partial charge in [0.2, 0.25) is 5.91 Å². The number of morpholine rings is 1. The van der Waals surface area contributed by atoms with E-state index in [1.807, 2.05) is 0 Å². The minimum Gasteiger partial charge on any atom is -0.443 e. The number of nitrogens with one attached hydrogen (secondary N) is 2. The zero-order chi connectivity index (χ0) is 42.8. The number of hydrogen-bond acceptors (Lipinski definition) is 10. The molecule has 7 rings (SSSR count). The monoisotopic (exact) mass is 849 g/mol. The molecule has 3 aromatic heterocycles. The minimum absolute atomic E-state index is 0.0360. The van der Waals surface area contributed by atoms with Gasteiger partial charge in [-0.25, -0.2) is 9.78 Å². The maximum atomic E-state index is 14.6. The zero-order valence-electron chi connectivity index (χ0n) is 32.8. The van der Waals surface area contributed by atoms with E-state index in [0.29, 0.717) is 33.1 Å². The summed E-state index contributed by atoms with van der Waals surface area (Å²) >= 11 is 12.6. The van der Waals surface area contributed by atoms with E-state index in [1.165, 1.54) is 35.5 Å². The number of aromatic amines is 1. The van der Waals surface area contributed by atoms with Crippen LogP contribution in [0.15, 0.2) is 104 Å². The Morgan fingerprint density at radius 2 is 1.72 bits per heavy atom. The lowest BCUT2D eigenvalue weighted by Crippen LogP contribution is -2.60. The van der Waals surface area contributed by atoms with E-state index in [-0.39, 0.29) is 58.8 Å². The van der Waals surface area contributed by atoms with Crippen LogP contribution >= 0.6 is 23.2 Å². The van der Waals surface area contributed by atoms with Crippen LogP contribution in [0.1, 0.15) is 59.7 Å². The van der Waals surface area contributed by atoms with Gasteiger partial charge in [0.1, 0.15) is 24.1 Å². The molecule has 0 radical (unpaired) electrons. The van der Waals surface area contributed by atoms with Crippen molar-refractivity contribution >= 4 is 75.1 Å². The quantitative estimate of drug-likeness (QED) is 0.104. The van der Waals surface area contributed by atoms with Crippen molar-refractivity contribution in [1.82, 2.24) is 25.3 Å². The molecule has 3 aromatic carbocycles. The normalized spacial score (nSPS) is 14.6. The number of ether oxygens (including phenoxy) is 2. The molecule has 1 fully saturated rings. The molecule has 2 unspecified atom stereocenters. The summed E-state index contributed by atoms with van der Waals surface area (Å²) < 4.78 is 11.4. The van der Waals surface area contributed by atoms with Gasteiger partial charge < -0.3 is 36.1 Å². The summed E-state index contributed by atoms with van der Waals surface area (Å²) in [4.78, 5) is 76.3. The van der Waals surface area contributed by atoms with E-state index in [0.717, 1.165) is 4.90 Å². The minimum atomic E-state index is -2.15. The number of halogens is 2. The van der Waals surface area contributed by atoms with Gasteiger partial charge in [-0.3, -0.25) is 29.3 Å². The number of H-pyrrole nitrogens is 1. The molecule has 17 heteroatoms. The lowest BCUT2D eigenvalue weighted by Gasteiger charge is -2.43. The molecule has 4 amide bonds. The maximum Gasteiger partial charge on any atom is 0.416 e. The first kappa shape index (κ1) is 41.6. The summed E-state index contributed by atoms with van der Waals surface area (Å²) in [6, 6.07) is 20.3. The fraction of sp³-hybridized carbons (Fsp3) is 0.233. The summed E-state index contributed by atoms with van der Waals surface area (Å²) in [5, 5.41) is 3.85. The molecule has 1 aliphatic heterocycles. The number of nitrogens with zero attached hydrogens (tertiary/aromatic N) is 5. The van der Waals surface area contributed by atoms with Gasteiger partial charge in [0.25, 0.3) is 11.8 Å². The summed E-state index contributed by atoms with van der Waals surface area (Å²) in [6.45, 7) is 5.20. The Morgan fingerprint density at radius 3 is 2.38 bits per heavy atom. The van der Waals surface area contributed by atoms with Gasteiger partial charge in [0.05, 0.1) is 29.0 Å². The fourth-order valence-corrected chi connectivity index (χ4v) is 7.49. The Hall–Kier alpha value is -6.55. The molecule has 0 bridgehead atoms. The highest BCUT2D eigenvalue weighted by Gasteiger charge is 2.51. The van der Waals surface area contributed by atoms with Crippen molar-refractivity contribution in [1.29, 1.82) is 0 Å². The number of rotatable bonds is 11. The first-order chi connectivity index (χ1) is 28.6. The number of pyridine rings is 2. The number of hydrogen-bond donors (Lipinski definition) is 4. The molecule has 4 heterocycles. The Bertz CT molecular complexity index is 2590. The predicted molar refractivity (Wildman–Crippen MR) is 228 cm³/mol. The number of imidazole rings is 1. The number of anilines is 3. The molecule has 0 saturated carbocycles. The van der Waals surface area contributed by atoms with Gasteiger partial charge in [0, 0.05) is 70.2 Å². The van der Waals surface area contributed by atoms with Crippen LogP contribution in [0, 0.1) is 0 Å². The Morgan fingerprint density at radius 1 is 0.983 bits per heavy atom. The largest absolute Gasteiger partial charge is 0.443 e. The molecule has 308 valence electrons. The van der Waals surface area contributed by atoms with Crippen molar-refractivity contribution < 1.29 is 28.7 Å². The van der Waals surface area contributed by atoms with Crippen LogP contribution in [0.2, 0.25) is 10.0 Å². The van der Waals surface area contributed by atoms with Crippen LogP contribution in [-0.4, -0.2) is 69.1 Å². The number of benzene rings is 3. The van der Waals surface area contributed by atoms with Crippen molar-refractivity contribution in [3.63, 3.8) is 0 Å². The summed E-state index contributed by atoms with van der Waals surface area (Å²) in [6.07, 6.45) is 4.78. The molecule has 60 heavy (non-hydrogen) atoms. The second-order valence-corrected chi connectivity index (χ2v) is 16.0. The van der Waals surface area contributed by atoms with E-state index in [9.17, 15) is 19.2 Å². The average molecular weight is 851 g/mol. The first-order valence-corrected chi connectivity index (χ1v) is 19.6. The number of carbonyl (C=O) groups is 4. The van der Waals surface area contributed by atoms with Crippen LogP contribution in [0.3, 0.4) is 0 Å². The molecule has 0 spiro atoms. The van der Waals surface area contributed by atoms with Gasteiger partial charge in [-0.2, -0.15) is 0 Å². The molecule has 6 N–H and O–H groups in total. The Balaban J connectivity index is 1.41. The van der Waals surface area contributed by atoms with Crippen LogP contribution in [-0.2, 0) is 31.0 Å². The molecule has 2 atom stereocenters. The van der Waals surface area contributed by atoms with Gasteiger partial charge in [0.15, 0.2) is 5.54 Å². The highest BCUT2D eigenvalue weighted by molar-refractivity contribution is 6.31. The molecule has 1 saturated heterocycles. The molecule has 15 nitrogen and oxygen atoms in total. The number of amides is 4. The molecular weight excluding hydrogens is 809 g/mol. The van der Waals surface area contributed by atoms with Crippen LogP contribution in [0.25, 0.3) is 11.0 Å². The van der Waals surface area contributed by atoms with E-state index >= 15 is 0 Å². The number of fused-ring (bicyclic) bond motifs is 1. The third-order valence-corrected chi connectivity index (χ3v) is 10.3. The number of nitrogen functional groups attached to an aromatic ring is 1. The van der Waals surface area contributed by atoms with Gasteiger partial charge >= 0.3 is 6.09 Å². The molecule has 6 aromatic rings. The maximum absolute atomic E-state index is 14.6. The van der Waals surface area contributed by atoms with Crippen molar-refractivity contribution in [2.45, 2.75) is 44.4 Å². The topological polar surface area (TPSA) is 212 Å². The molecule has 0 aliphatic carbocycles. The Labute approximate surface area is 355 Å². The Kier molecular flexibility index (Phi) is 11.8. The molecule has 1 aliphatic rings. The van der Waals surface area contributed by atoms with E-state index in [2.05, 4.69) is 20.3 Å². The van der Waals surface area contributed by atoms with E-state index < -0.39 is 41.5 Å². The second kappa shape index (κ2) is 17.0. The first-order valence-electron chi connectivity index (χ1n) is 18.8. The van der Waals surface area contributed by atoms with Crippen molar-refractivity contribution in [2.24, 2.45) is 5.73 Å². The number of nitrogens with two attached hydrogens (primary N) is 2.